The fraction of sp³-hybridized carbons (Fsp3) is 0.192. The van der Waals surface area contributed by atoms with Gasteiger partial charge in [0.1, 0.15) is 23.0 Å². The van der Waals surface area contributed by atoms with Gasteiger partial charge < -0.3 is 30.3 Å². The smallest absolute Gasteiger partial charge is 0.305 e. The summed E-state index contributed by atoms with van der Waals surface area (Å²) in [7, 11) is 3.17. The Morgan fingerprint density at radius 2 is 1.95 bits per heavy atom. The van der Waals surface area contributed by atoms with E-state index in [1.165, 1.54) is 7.11 Å². The average Bonchev–Trinajstić information content (AvgIpc) is 3.33. The maximum absolute atomic E-state index is 11.3. The standard InChI is InChI=1S/C26H25N7O4/c1-28-25-17-13-29-22(32-21-5-3-6-23(33-21)36-10-4-7-24(34)35-2)12-16(17)18(14-30-25)26-31-19-11-15(27)8-9-20(19)37-26/h3,5-6,8-9,11-14H,4,7,10,27H2,1-2H3,(H,28,30)(H,29,32,33). The highest BCUT2D eigenvalue weighted by Gasteiger charge is 2.16. The second-order valence-electron chi connectivity index (χ2n) is 8.15. The number of fused-ring (bicyclic) bond motifs is 2. The number of nitrogens with zero attached hydrogens (tertiary/aromatic N) is 4. The molecular weight excluding hydrogens is 474 g/mol. The molecule has 37 heavy (non-hydrogen) atoms. The first-order valence-electron chi connectivity index (χ1n) is 11.6. The molecule has 5 aromatic rings. The zero-order valence-electron chi connectivity index (χ0n) is 20.3. The molecule has 1 aromatic carbocycles. The van der Waals surface area contributed by atoms with Gasteiger partial charge in [-0.05, 0) is 36.8 Å². The summed E-state index contributed by atoms with van der Waals surface area (Å²) in [5.74, 6) is 2.39. The number of hydrogen-bond acceptors (Lipinski definition) is 11. The highest BCUT2D eigenvalue weighted by atomic mass is 16.5. The molecule has 4 N–H and O–H groups in total. The van der Waals surface area contributed by atoms with Crippen LogP contribution in [-0.2, 0) is 9.53 Å². The fourth-order valence-electron chi connectivity index (χ4n) is 3.82. The molecule has 4 aromatic heterocycles. The lowest BCUT2D eigenvalue weighted by Crippen LogP contribution is -2.05. The van der Waals surface area contributed by atoms with Gasteiger partial charge in [0.2, 0.25) is 11.8 Å². The zero-order valence-corrected chi connectivity index (χ0v) is 20.3. The van der Waals surface area contributed by atoms with E-state index in [1.54, 1.807) is 43.7 Å². The van der Waals surface area contributed by atoms with Crippen molar-refractivity contribution in [2.45, 2.75) is 12.8 Å². The third-order valence-corrected chi connectivity index (χ3v) is 5.63. The maximum atomic E-state index is 11.3. The molecule has 0 spiro atoms. The minimum atomic E-state index is -0.271. The van der Waals surface area contributed by atoms with Crippen LogP contribution in [0, 0.1) is 0 Å². The molecule has 11 heteroatoms. The van der Waals surface area contributed by atoms with Crippen LogP contribution in [0.5, 0.6) is 5.88 Å². The lowest BCUT2D eigenvalue weighted by atomic mass is 10.1. The lowest BCUT2D eigenvalue weighted by molar-refractivity contribution is -0.140. The predicted molar refractivity (Wildman–Crippen MR) is 141 cm³/mol. The first kappa shape index (κ1) is 23.8. The SMILES string of the molecule is CNc1ncc(-c2nc3cc(N)ccc3o2)c2cc(Nc3cccc(OCCCC(=O)OC)n3)ncc12. The van der Waals surface area contributed by atoms with E-state index >= 15 is 0 Å². The molecule has 0 radical (unpaired) electrons. The Bertz CT molecular complexity index is 1580. The molecule has 0 aliphatic heterocycles. The van der Waals surface area contributed by atoms with Crippen LogP contribution in [0.1, 0.15) is 12.8 Å². The van der Waals surface area contributed by atoms with E-state index in [4.69, 9.17) is 14.9 Å². The number of esters is 1. The molecule has 0 atom stereocenters. The van der Waals surface area contributed by atoms with E-state index < -0.39 is 0 Å². The van der Waals surface area contributed by atoms with E-state index in [-0.39, 0.29) is 12.4 Å². The molecular formula is C26H25N7O4. The number of methoxy groups -OCH3 is 1. The van der Waals surface area contributed by atoms with Crippen molar-refractivity contribution < 1.29 is 18.7 Å². The number of anilines is 4. The summed E-state index contributed by atoms with van der Waals surface area (Å²) in [6.45, 7) is 0.346. The quantitative estimate of drug-likeness (QED) is 0.149. The van der Waals surface area contributed by atoms with E-state index in [0.29, 0.717) is 64.6 Å². The lowest BCUT2D eigenvalue weighted by Gasteiger charge is -2.11. The van der Waals surface area contributed by atoms with Crippen molar-refractivity contribution in [2.24, 2.45) is 0 Å². The van der Waals surface area contributed by atoms with Crippen molar-refractivity contribution in [1.29, 1.82) is 0 Å². The minimum Gasteiger partial charge on any atom is -0.478 e. The number of oxazole rings is 1. The van der Waals surface area contributed by atoms with Gasteiger partial charge in [-0.2, -0.15) is 4.98 Å². The second-order valence-corrected chi connectivity index (χ2v) is 8.15. The maximum Gasteiger partial charge on any atom is 0.305 e. The highest BCUT2D eigenvalue weighted by molar-refractivity contribution is 6.01. The summed E-state index contributed by atoms with van der Waals surface area (Å²) in [4.78, 5) is 29.4. The van der Waals surface area contributed by atoms with Gasteiger partial charge in [-0.3, -0.25) is 4.79 Å². The van der Waals surface area contributed by atoms with E-state index in [0.717, 1.165) is 10.8 Å². The molecule has 188 valence electrons. The average molecular weight is 500 g/mol. The van der Waals surface area contributed by atoms with Gasteiger partial charge in [0, 0.05) is 48.4 Å². The number of aromatic nitrogens is 4. The number of nitrogen functional groups attached to an aromatic ring is 1. The number of rotatable bonds is 9. The fourth-order valence-corrected chi connectivity index (χ4v) is 3.82. The largest absolute Gasteiger partial charge is 0.478 e. The van der Waals surface area contributed by atoms with Crippen LogP contribution >= 0.6 is 0 Å². The molecule has 0 fully saturated rings. The van der Waals surface area contributed by atoms with Gasteiger partial charge >= 0.3 is 5.97 Å². The minimum absolute atomic E-state index is 0.271. The van der Waals surface area contributed by atoms with Crippen molar-refractivity contribution in [3.05, 3.63) is 54.9 Å². The van der Waals surface area contributed by atoms with Crippen molar-refractivity contribution in [3.8, 4) is 17.3 Å². The highest BCUT2D eigenvalue weighted by Crippen LogP contribution is 2.34. The Kier molecular flexibility index (Phi) is 6.66. The van der Waals surface area contributed by atoms with Crippen molar-refractivity contribution in [1.82, 2.24) is 19.9 Å². The summed E-state index contributed by atoms with van der Waals surface area (Å²) in [6, 6.07) is 12.6. The van der Waals surface area contributed by atoms with Gasteiger partial charge in [-0.15, -0.1) is 0 Å². The van der Waals surface area contributed by atoms with Gasteiger partial charge in [0.05, 0.1) is 19.3 Å². The van der Waals surface area contributed by atoms with E-state index in [1.807, 2.05) is 18.2 Å². The van der Waals surface area contributed by atoms with Gasteiger partial charge in [0.25, 0.3) is 0 Å². The van der Waals surface area contributed by atoms with Crippen LogP contribution in [0.4, 0.5) is 23.1 Å². The second kappa shape index (κ2) is 10.4. The number of benzene rings is 1. The molecule has 0 unspecified atom stereocenters. The third kappa shape index (κ3) is 5.20. The molecule has 0 saturated carbocycles. The number of pyridine rings is 3. The monoisotopic (exact) mass is 499 g/mol. The van der Waals surface area contributed by atoms with Crippen LogP contribution in [0.15, 0.2) is 59.3 Å². The Balaban J connectivity index is 1.43. The number of nitrogens with two attached hydrogens (primary N) is 1. The summed E-state index contributed by atoms with van der Waals surface area (Å²) in [5, 5.41) is 7.96. The van der Waals surface area contributed by atoms with Crippen LogP contribution in [0.3, 0.4) is 0 Å². The number of nitrogens with one attached hydrogen (secondary N) is 2. The number of carbonyl (C=O) groups is 1. The van der Waals surface area contributed by atoms with Crippen LogP contribution in [-0.4, -0.2) is 46.7 Å². The van der Waals surface area contributed by atoms with Gasteiger partial charge in [0.15, 0.2) is 5.58 Å². The van der Waals surface area contributed by atoms with Crippen LogP contribution in [0.2, 0.25) is 0 Å². The van der Waals surface area contributed by atoms with Crippen LogP contribution < -0.4 is 21.1 Å². The summed E-state index contributed by atoms with van der Waals surface area (Å²) in [5.41, 5.74) is 8.53. The normalized spacial score (nSPS) is 11.0. The zero-order chi connectivity index (χ0) is 25.8. The Labute approximate surface area is 212 Å². The van der Waals surface area contributed by atoms with Crippen molar-refractivity contribution >= 4 is 51.0 Å². The topological polar surface area (TPSA) is 150 Å². The Morgan fingerprint density at radius 3 is 2.78 bits per heavy atom. The number of carbonyl (C=O) groups excluding carboxylic acids is 1. The molecule has 0 aliphatic carbocycles. The van der Waals surface area contributed by atoms with Crippen LogP contribution in [0.25, 0.3) is 33.3 Å². The van der Waals surface area contributed by atoms with Crippen molar-refractivity contribution in [3.63, 3.8) is 0 Å². The number of hydrogen-bond donors (Lipinski definition) is 3. The molecule has 11 nitrogen and oxygen atoms in total. The summed E-state index contributed by atoms with van der Waals surface area (Å²) in [6.07, 6.45) is 4.26. The van der Waals surface area contributed by atoms with Crippen molar-refractivity contribution in [2.75, 3.05) is 37.1 Å². The van der Waals surface area contributed by atoms with E-state index in [2.05, 4.69) is 35.3 Å². The molecule has 0 saturated heterocycles. The first-order chi connectivity index (χ1) is 18.0. The third-order valence-electron chi connectivity index (χ3n) is 5.63. The van der Waals surface area contributed by atoms with Gasteiger partial charge in [-0.1, -0.05) is 6.07 Å². The summed E-state index contributed by atoms with van der Waals surface area (Å²) < 4.78 is 16.3. The molecule has 0 aliphatic rings. The molecule has 4 heterocycles. The van der Waals surface area contributed by atoms with E-state index in [9.17, 15) is 4.79 Å². The molecule has 0 amide bonds. The number of ether oxygens (including phenoxy) is 2. The first-order valence-corrected chi connectivity index (χ1v) is 11.6. The predicted octanol–water partition coefficient (Wildman–Crippen LogP) is 4.53. The Hall–Kier alpha value is -4.93. The molecule has 0 bridgehead atoms. The van der Waals surface area contributed by atoms with Gasteiger partial charge in [-0.25, -0.2) is 15.0 Å². The molecule has 5 rings (SSSR count). The Morgan fingerprint density at radius 1 is 1.05 bits per heavy atom. The summed E-state index contributed by atoms with van der Waals surface area (Å²) >= 11 is 0.